The van der Waals surface area contributed by atoms with Crippen LogP contribution in [0.3, 0.4) is 0 Å². The van der Waals surface area contributed by atoms with Crippen molar-refractivity contribution in [1.82, 2.24) is 39.0 Å². The second-order valence-corrected chi connectivity index (χ2v) is 17.0. The molecule has 2 bridgehead atoms. The summed E-state index contributed by atoms with van der Waals surface area (Å²) in [6.45, 7) is -4.94. The molecule has 2 aliphatic heterocycles. The Labute approximate surface area is 266 Å². The van der Waals surface area contributed by atoms with Crippen LogP contribution in [0.1, 0.15) is 11.8 Å². The number of nitrogens with one attached hydrogen (secondary N) is 1. The number of H-pyrrole nitrogens is 1. The van der Waals surface area contributed by atoms with Gasteiger partial charge in [-0.3, -0.25) is 23.4 Å². The minimum absolute atomic E-state index is 0.0402. The topological polar surface area (TPSA) is 294 Å². The van der Waals surface area contributed by atoms with Crippen molar-refractivity contribution < 1.29 is 42.7 Å². The summed E-state index contributed by atoms with van der Waals surface area (Å²) in [5.74, 6) is -1.23. The quantitative estimate of drug-likeness (QED) is 0.122. The van der Waals surface area contributed by atoms with Crippen LogP contribution in [0.2, 0.25) is 0 Å². The fourth-order valence-electron chi connectivity index (χ4n) is 6.87. The highest BCUT2D eigenvalue weighted by Crippen LogP contribution is 2.68. The number of phosphoric ester groups is 1. The molecular weight excluding hydrogens is 690 g/mol. The number of thioether (sulfide) groups is 1. The second-order valence-electron chi connectivity index (χ2n) is 11.5. The molecule has 4 aromatic rings. The van der Waals surface area contributed by atoms with Crippen molar-refractivity contribution in [3.8, 4) is 0 Å². The van der Waals surface area contributed by atoms with Crippen LogP contribution < -0.4 is 17.0 Å². The van der Waals surface area contributed by atoms with Gasteiger partial charge in [-0.2, -0.15) is 4.98 Å². The van der Waals surface area contributed by atoms with E-state index in [4.69, 9.17) is 41.4 Å². The Bertz CT molecular complexity index is 2050. The van der Waals surface area contributed by atoms with Gasteiger partial charge in [-0.05, 0) is 24.1 Å². The van der Waals surface area contributed by atoms with Gasteiger partial charge in [0.1, 0.15) is 35.5 Å². The number of hydrogen-bond acceptors (Lipinski definition) is 17. The summed E-state index contributed by atoms with van der Waals surface area (Å²) in [4.78, 5) is 57.5. The van der Waals surface area contributed by atoms with Crippen LogP contribution in [0.15, 0.2) is 23.8 Å². The zero-order valence-electron chi connectivity index (χ0n) is 23.2. The third-order valence-corrected chi connectivity index (χ3v) is 13.1. The molecule has 2 unspecified atom stereocenters. The van der Waals surface area contributed by atoms with Crippen LogP contribution in [0.4, 0.5) is 11.8 Å². The highest BCUT2D eigenvalue weighted by Gasteiger charge is 2.74. The summed E-state index contributed by atoms with van der Waals surface area (Å²) in [5, 5.41) is 21.0. The minimum Gasteiger partial charge on any atom is -0.389 e. The van der Waals surface area contributed by atoms with Gasteiger partial charge in [-0.1, -0.05) is 0 Å². The normalized spacial score (nSPS) is 41.0. The van der Waals surface area contributed by atoms with Gasteiger partial charge in [0, 0.05) is 5.92 Å². The fourth-order valence-corrected chi connectivity index (χ4v) is 11.0. The number of rotatable bonds is 2. The Kier molecular flexibility index (Phi) is 6.98. The van der Waals surface area contributed by atoms with Gasteiger partial charge in [-0.15, -0.1) is 11.8 Å². The lowest BCUT2D eigenvalue weighted by Crippen LogP contribution is -2.40. The fraction of sp³-hybridized carbons (Fsp3) is 0.545. The molecule has 20 nitrogen and oxygen atoms in total. The number of fused-ring (bicyclic) bond motifs is 7. The van der Waals surface area contributed by atoms with E-state index in [1.54, 1.807) is 4.57 Å². The third-order valence-electron chi connectivity index (χ3n) is 8.98. The van der Waals surface area contributed by atoms with Gasteiger partial charge < -0.3 is 45.1 Å². The molecule has 0 aromatic carbocycles. The molecule has 2 saturated heterocycles. The predicted molar refractivity (Wildman–Crippen MR) is 162 cm³/mol. The lowest BCUT2D eigenvalue weighted by Gasteiger charge is -2.31. The van der Waals surface area contributed by atoms with E-state index in [0.29, 0.717) is 17.6 Å². The van der Waals surface area contributed by atoms with E-state index in [1.807, 2.05) is 0 Å². The molecule has 0 radical (unpaired) electrons. The monoisotopic (exact) mass is 716 g/mol. The van der Waals surface area contributed by atoms with Crippen molar-refractivity contribution in [3.05, 3.63) is 29.3 Å². The average molecular weight is 717 g/mol. The molecule has 4 fully saturated rings. The van der Waals surface area contributed by atoms with E-state index >= 15 is 0 Å². The molecule has 4 aromatic heterocycles. The Morgan fingerprint density at radius 3 is 2.63 bits per heavy atom. The second kappa shape index (κ2) is 10.5. The smallest absolute Gasteiger partial charge is 0.389 e. The van der Waals surface area contributed by atoms with Crippen molar-refractivity contribution in [2.45, 2.75) is 47.0 Å². The van der Waals surface area contributed by atoms with Gasteiger partial charge in [0.05, 0.1) is 42.8 Å². The molecule has 11 atom stereocenters. The average Bonchev–Trinajstić information content (AvgIpc) is 3.25. The maximum Gasteiger partial charge on any atom is 0.472 e. The molecule has 9 N–H and O–H groups in total. The number of nitrogens with two attached hydrogens (primary N) is 2. The summed E-state index contributed by atoms with van der Waals surface area (Å²) in [6.07, 6.45) is -0.997. The molecule has 0 amide bonds. The number of aliphatic hydroxyl groups excluding tert-OH is 2. The first-order valence-electron chi connectivity index (χ1n) is 13.8. The van der Waals surface area contributed by atoms with E-state index in [0.717, 1.165) is 11.8 Å². The van der Waals surface area contributed by atoms with E-state index in [9.17, 15) is 29.4 Å². The number of aromatic nitrogens is 8. The maximum absolute atomic E-state index is 13.4. The molecule has 246 valence electrons. The van der Waals surface area contributed by atoms with Crippen molar-refractivity contribution in [3.63, 3.8) is 0 Å². The van der Waals surface area contributed by atoms with Crippen molar-refractivity contribution in [2.75, 3.05) is 24.7 Å². The molecule has 4 aliphatic rings. The van der Waals surface area contributed by atoms with Gasteiger partial charge in [-0.25, -0.2) is 24.5 Å². The standard InChI is InChI=1S/C22H26N10O10P2S2/c23-16-10-17(26-4-25-16)32(6-28-10)22-1-8(22)7-2-39-43(36,37)41-14-12(33)9(3-40-44(38,45)42-13(7)15(22)34)46-20(14)31-5-27-11-18(31)29-21(24)30-19(11)35/h4-9,12-15,20,33-34H,1-3H2,(H,36,37)(H,38,45)(H2,23,25,26)(H3,24,29,30,35)/t7-,8-,9+,12+,13+,14+,15+,20+,22+,44?/m0/s1. The van der Waals surface area contributed by atoms with Crippen LogP contribution >= 0.6 is 26.3 Å². The molecule has 0 spiro atoms. The van der Waals surface area contributed by atoms with Crippen molar-refractivity contribution in [1.29, 1.82) is 0 Å². The molecule has 2 saturated carbocycles. The zero-order chi connectivity index (χ0) is 32.3. The third kappa shape index (κ3) is 4.66. The SMILES string of the molecule is Nc1nc2c(ncn2[C@@H]2S[C@@H]3COP(O)(=S)O[C@@H]4[C@@H](COP(=O)(O)O[C@@H]2[C@@H]3O)[C@@H]2C[C@]2(n2cnc3c(N)ncnc32)[C@@H]4O)c(=O)[nH]1. The molecule has 6 heterocycles. The number of aromatic amines is 1. The Morgan fingerprint density at radius 1 is 1.04 bits per heavy atom. The van der Waals surface area contributed by atoms with Crippen LogP contribution in [0.5, 0.6) is 0 Å². The molecular formula is C22H26N10O10P2S2. The van der Waals surface area contributed by atoms with E-state index < -0.39 is 79.1 Å². The first-order valence-corrected chi connectivity index (χ1v) is 18.8. The lowest BCUT2D eigenvalue weighted by molar-refractivity contribution is -0.0229. The van der Waals surface area contributed by atoms with Crippen molar-refractivity contribution >= 4 is 72.2 Å². The van der Waals surface area contributed by atoms with Crippen LogP contribution in [0, 0.1) is 11.8 Å². The summed E-state index contributed by atoms with van der Waals surface area (Å²) in [5.41, 5.74) is 10.7. The Morgan fingerprint density at radius 2 is 1.83 bits per heavy atom. The van der Waals surface area contributed by atoms with Crippen LogP contribution in [0.25, 0.3) is 22.3 Å². The number of hydrogen-bond donors (Lipinski definition) is 7. The number of aliphatic hydroxyl groups is 2. The molecule has 46 heavy (non-hydrogen) atoms. The predicted octanol–water partition coefficient (Wildman–Crippen LogP) is -1.06. The summed E-state index contributed by atoms with van der Waals surface area (Å²) in [6, 6.07) is 0. The Balaban J connectivity index is 1.14. The largest absolute Gasteiger partial charge is 0.472 e. The summed E-state index contributed by atoms with van der Waals surface area (Å²) in [7, 11) is -4.93. The lowest BCUT2D eigenvalue weighted by atomic mass is 10.0. The van der Waals surface area contributed by atoms with Gasteiger partial charge in [0.25, 0.3) is 5.56 Å². The minimum atomic E-state index is -4.93. The molecule has 24 heteroatoms. The van der Waals surface area contributed by atoms with E-state index in [2.05, 4.69) is 29.9 Å². The highest BCUT2D eigenvalue weighted by atomic mass is 32.5. The summed E-state index contributed by atoms with van der Waals surface area (Å²) >= 11 is 6.36. The van der Waals surface area contributed by atoms with Crippen LogP contribution in [-0.4, -0.2) is 102 Å². The number of phosphoric acid groups is 1. The molecule has 8 rings (SSSR count). The van der Waals surface area contributed by atoms with Gasteiger partial charge in [0.15, 0.2) is 22.6 Å². The number of nitrogen functional groups attached to an aromatic ring is 2. The van der Waals surface area contributed by atoms with E-state index in [1.165, 1.54) is 23.5 Å². The summed E-state index contributed by atoms with van der Waals surface area (Å²) < 4.78 is 39.1. The maximum atomic E-state index is 13.4. The number of anilines is 2. The van der Waals surface area contributed by atoms with E-state index in [-0.39, 0.29) is 29.5 Å². The van der Waals surface area contributed by atoms with Crippen molar-refractivity contribution in [2.24, 2.45) is 11.8 Å². The van der Waals surface area contributed by atoms with Crippen LogP contribution in [-0.2, 0) is 40.0 Å². The van der Waals surface area contributed by atoms with Gasteiger partial charge in [0.2, 0.25) is 5.95 Å². The number of nitrogens with zero attached hydrogens (tertiary/aromatic N) is 7. The molecule has 2 aliphatic carbocycles. The van der Waals surface area contributed by atoms with Gasteiger partial charge >= 0.3 is 14.5 Å². The zero-order valence-corrected chi connectivity index (χ0v) is 26.6. The number of imidazole rings is 2. The first kappa shape index (κ1) is 30.7. The highest BCUT2D eigenvalue weighted by molar-refractivity contribution is 8.07. The Hall–Kier alpha value is -2.59. The first-order chi connectivity index (χ1) is 21.8.